The van der Waals surface area contributed by atoms with Crippen LogP contribution in [0.4, 0.5) is 0 Å². The molecule has 0 radical (unpaired) electrons. The van der Waals surface area contributed by atoms with Crippen LogP contribution in [0.15, 0.2) is 12.2 Å². The van der Waals surface area contributed by atoms with E-state index < -0.39 is 53.0 Å². The van der Waals surface area contributed by atoms with Crippen molar-refractivity contribution in [3.05, 3.63) is 12.2 Å². The second kappa shape index (κ2) is 3.85. The standard InChI is InChI=1S/C14H17NO6/c1-13(2,3)15-9(12(19)20)14-5-4-6(21-14)7(11(17)18)8(14)10(15)16/h4-9H,1-3H3,(H,17,18)(H,19,20). The molecule has 3 aliphatic heterocycles. The number of carboxylic acids is 2. The fourth-order valence-corrected chi connectivity index (χ4v) is 3.86. The van der Waals surface area contributed by atoms with E-state index in [9.17, 15) is 24.6 Å². The number of rotatable bonds is 2. The van der Waals surface area contributed by atoms with Crippen molar-refractivity contribution in [1.82, 2.24) is 4.90 Å². The quantitative estimate of drug-likeness (QED) is 0.700. The molecule has 3 rings (SSSR count). The summed E-state index contributed by atoms with van der Waals surface area (Å²) >= 11 is 0. The first-order chi connectivity index (χ1) is 9.61. The summed E-state index contributed by atoms with van der Waals surface area (Å²) in [4.78, 5) is 37.2. The Labute approximate surface area is 121 Å². The van der Waals surface area contributed by atoms with Gasteiger partial charge in [-0.2, -0.15) is 0 Å². The molecule has 2 fully saturated rings. The minimum Gasteiger partial charge on any atom is -0.481 e. The van der Waals surface area contributed by atoms with E-state index in [1.54, 1.807) is 32.9 Å². The minimum atomic E-state index is -1.37. The number of fused-ring (bicyclic) bond motifs is 1. The van der Waals surface area contributed by atoms with Crippen molar-refractivity contribution in [2.24, 2.45) is 11.8 Å². The molecule has 114 valence electrons. The van der Waals surface area contributed by atoms with E-state index in [2.05, 4.69) is 0 Å². The van der Waals surface area contributed by atoms with Gasteiger partial charge in [0.15, 0.2) is 6.04 Å². The van der Waals surface area contributed by atoms with Crippen molar-refractivity contribution >= 4 is 17.8 Å². The summed E-state index contributed by atoms with van der Waals surface area (Å²) in [5, 5.41) is 19.0. The van der Waals surface area contributed by atoms with E-state index in [0.717, 1.165) is 0 Å². The number of aliphatic carboxylic acids is 2. The van der Waals surface area contributed by atoms with Gasteiger partial charge in [0.2, 0.25) is 5.91 Å². The first kappa shape index (κ1) is 14.1. The number of carboxylic acid groups (broad SMARTS) is 2. The second-order valence-electron chi connectivity index (χ2n) is 6.76. The Balaban J connectivity index is 2.17. The summed E-state index contributed by atoms with van der Waals surface area (Å²) in [6.45, 7) is 5.18. The summed E-state index contributed by atoms with van der Waals surface area (Å²) in [6, 6.07) is -1.21. The Morgan fingerprint density at radius 2 is 1.90 bits per heavy atom. The van der Waals surface area contributed by atoms with Crippen LogP contribution in [-0.4, -0.2) is 56.2 Å². The molecule has 2 bridgehead atoms. The molecule has 7 heteroatoms. The zero-order chi connectivity index (χ0) is 15.7. The van der Waals surface area contributed by atoms with Crippen LogP contribution in [-0.2, 0) is 19.1 Å². The van der Waals surface area contributed by atoms with Crippen LogP contribution < -0.4 is 0 Å². The van der Waals surface area contributed by atoms with Crippen molar-refractivity contribution in [3.63, 3.8) is 0 Å². The topological polar surface area (TPSA) is 104 Å². The van der Waals surface area contributed by atoms with Gasteiger partial charge < -0.3 is 19.8 Å². The van der Waals surface area contributed by atoms with Gasteiger partial charge in [-0.1, -0.05) is 12.2 Å². The van der Waals surface area contributed by atoms with Crippen LogP contribution in [0.1, 0.15) is 20.8 Å². The molecule has 0 aromatic heterocycles. The first-order valence-electron chi connectivity index (χ1n) is 6.77. The average molecular weight is 295 g/mol. The number of ether oxygens (including phenoxy) is 1. The molecule has 3 aliphatic rings. The summed E-state index contributed by atoms with van der Waals surface area (Å²) < 4.78 is 5.69. The van der Waals surface area contributed by atoms with Gasteiger partial charge in [-0.15, -0.1) is 0 Å². The van der Waals surface area contributed by atoms with Crippen molar-refractivity contribution in [2.45, 2.75) is 44.1 Å². The monoisotopic (exact) mass is 295 g/mol. The van der Waals surface area contributed by atoms with E-state index >= 15 is 0 Å². The SMILES string of the molecule is CC(C)(C)N1C(=O)C2C(C(=O)O)C3C=CC2(O3)C1C(=O)O. The van der Waals surface area contributed by atoms with E-state index in [0.29, 0.717) is 0 Å². The molecule has 21 heavy (non-hydrogen) atoms. The highest BCUT2D eigenvalue weighted by molar-refractivity contribution is 5.97. The number of hydrogen-bond donors (Lipinski definition) is 2. The van der Waals surface area contributed by atoms with E-state index in [1.807, 2.05) is 0 Å². The normalized spacial score (nSPS) is 40.7. The van der Waals surface area contributed by atoms with Gasteiger partial charge in [0.25, 0.3) is 0 Å². The predicted octanol–water partition coefficient (Wildman–Crippen LogP) is 0.105. The van der Waals surface area contributed by atoms with Gasteiger partial charge in [0.05, 0.1) is 12.0 Å². The number of nitrogens with zero attached hydrogens (tertiary/aromatic N) is 1. The maximum atomic E-state index is 12.7. The maximum absolute atomic E-state index is 12.7. The molecule has 2 saturated heterocycles. The van der Waals surface area contributed by atoms with Gasteiger partial charge in [-0.3, -0.25) is 9.59 Å². The van der Waals surface area contributed by atoms with Crippen molar-refractivity contribution < 1.29 is 29.3 Å². The molecule has 0 aromatic carbocycles. The summed E-state index contributed by atoms with van der Waals surface area (Å²) in [5.41, 5.74) is -2.11. The largest absolute Gasteiger partial charge is 0.481 e. The number of carbonyl (C=O) groups is 3. The van der Waals surface area contributed by atoms with Crippen LogP contribution >= 0.6 is 0 Å². The van der Waals surface area contributed by atoms with Crippen LogP contribution in [0.5, 0.6) is 0 Å². The van der Waals surface area contributed by atoms with E-state index in [-0.39, 0.29) is 0 Å². The minimum absolute atomic E-state index is 0.464. The zero-order valence-electron chi connectivity index (χ0n) is 11.9. The number of likely N-dealkylation sites (tertiary alicyclic amines) is 1. The highest BCUT2D eigenvalue weighted by atomic mass is 16.5. The Bertz CT molecular complexity index is 577. The molecule has 1 amide bonds. The first-order valence-corrected chi connectivity index (χ1v) is 6.77. The Morgan fingerprint density at radius 3 is 2.38 bits per heavy atom. The molecule has 1 spiro atoms. The Hall–Kier alpha value is -1.89. The van der Waals surface area contributed by atoms with Crippen molar-refractivity contribution in [2.75, 3.05) is 0 Å². The lowest BCUT2D eigenvalue weighted by molar-refractivity contribution is -0.157. The third kappa shape index (κ3) is 1.55. The fraction of sp³-hybridized carbons (Fsp3) is 0.643. The van der Waals surface area contributed by atoms with Crippen LogP contribution in [0, 0.1) is 11.8 Å². The molecule has 3 heterocycles. The summed E-state index contributed by atoms with van der Waals surface area (Å²) in [5.74, 6) is -4.79. The maximum Gasteiger partial charge on any atom is 0.329 e. The molecule has 2 N–H and O–H groups in total. The second-order valence-corrected chi connectivity index (χ2v) is 6.76. The zero-order valence-corrected chi connectivity index (χ0v) is 11.9. The van der Waals surface area contributed by atoms with Gasteiger partial charge in [0, 0.05) is 5.54 Å². The lowest BCUT2D eigenvalue weighted by Crippen LogP contribution is -2.56. The van der Waals surface area contributed by atoms with Crippen LogP contribution in [0.2, 0.25) is 0 Å². The molecule has 0 saturated carbocycles. The highest BCUT2D eigenvalue weighted by Crippen LogP contribution is 2.56. The molecular formula is C14H17NO6. The van der Waals surface area contributed by atoms with E-state index in [4.69, 9.17) is 4.74 Å². The third-order valence-corrected chi connectivity index (χ3v) is 4.52. The predicted molar refractivity (Wildman–Crippen MR) is 69.4 cm³/mol. The highest BCUT2D eigenvalue weighted by Gasteiger charge is 2.74. The molecule has 5 atom stereocenters. The van der Waals surface area contributed by atoms with Crippen molar-refractivity contribution in [3.8, 4) is 0 Å². The molecule has 0 aliphatic carbocycles. The number of carbonyl (C=O) groups excluding carboxylic acids is 1. The summed E-state index contributed by atoms with van der Waals surface area (Å²) in [6.07, 6.45) is 2.38. The van der Waals surface area contributed by atoms with Gasteiger partial charge in [-0.05, 0) is 20.8 Å². The smallest absolute Gasteiger partial charge is 0.329 e. The van der Waals surface area contributed by atoms with Gasteiger partial charge in [0.1, 0.15) is 11.5 Å². The van der Waals surface area contributed by atoms with Gasteiger partial charge >= 0.3 is 11.9 Å². The van der Waals surface area contributed by atoms with Crippen LogP contribution in [0.25, 0.3) is 0 Å². The lowest BCUT2D eigenvalue weighted by atomic mass is 9.75. The molecule has 5 unspecified atom stereocenters. The fourth-order valence-electron chi connectivity index (χ4n) is 3.86. The number of hydrogen-bond acceptors (Lipinski definition) is 4. The number of amides is 1. The average Bonchev–Trinajstić information content (AvgIpc) is 2.94. The summed E-state index contributed by atoms with van der Waals surface area (Å²) in [7, 11) is 0. The van der Waals surface area contributed by atoms with Gasteiger partial charge in [-0.25, -0.2) is 4.79 Å². The Morgan fingerprint density at radius 1 is 1.29 bits per heavy atom. The Kier molecular flexibility index (Phi) is 2.58. The third-order valence-electron chi connectivity index (χ3n) is 4.52. The molecule has 7 nitrogen and oxygen atoms in total. The van der Waals surface area contributed by atoms with E-state index in [1.165, 1.54) is 4.90 Å². The van der Waals surface area contributed by atoms with Crippen LogP contribution in [0.3, 0.4) is 0 Å². The molecule has 0 aromatic rings. The lowest BCUT2D eigenvalue weighted by Gasteiger charge is -2.38. The van der Waals surface area contributed by atoms with Crippen molar-refractivity contribution in [1.29, 1.82) is 0 Å². The molecular weight excluding hydrogens is 278 g/mol.